The maximum Gasteiger partial charge on any atom is 0.318 e. The van der Waals surface area contributed by atoms with Crippen molar-refractivity contribution in [2.24, 2.45) is 5.73 Å². The minimum Gasteiger partial charge on any atom is -0.351 e. The zero-order chi connectivity index (χ0) is 12.7. The van der Waals surface area contributed by atoms with Crippen LogP contribution in [0, 0.1) is 0 Å². The van der Waals surface area contributed by atoms with Crippen molar-refractivity contribution in [2.45, 2.75) is 32.2 Å². The van der Waals surface area contributed by atoms with Crippen LogP contribution in [0.25, 0.3) is 0 Å². The number of urea groups is 1. The standard InChI is InChI=1S/C11H22N4O2/c1-2-5-13-9-3-6-15(7-4-9)8-10(16)14-11(12)17/h9,13H,2-8H2,1H3,(H3,12,14,16,17). The molecule has 0 bridgehead atoms. The second-order valence-electron chi connectivity index (χ2n) is 4.42. The Morgan fingerprint density at radius 2 is 2.00 bits per heavy atom. The van der Waals surface area contributed by atoms with Crippen molar-refractivity contribution in [3.05, 3.63) is 0 Å². The van der Waals surface area contributed by atoms with Gasteiger partial charge in [-0.05, 0) is 25.8 Å². The van der Waals surface area contributed by atoms with E-state index in [4.69, 9.17) is 5.73 Å². The van der Waals surface area contributed by atoms with Crippen molar-refractivity contribution < 1.29 is 9.59 Å². The first kappa shape index (κ1) is 13.9. The van der Waals surface area contributed by atoms with Crippen molar-refractivity contribution in [2.75, 3.05) is 26.2 Å². The number of primary amides is 1. The molecule has 0 radical (unpaired) electrons. The number of nitrogens with one attached hydrogen (secondary N) is 2. The van der Waals surface area contributed by atoms with Gasteiger partial charge in [-0.15, -0.1) is 0 Å². The molecule has 0 saturated carbocycles. The third-order valence-corrected chi connectivity index (χ3v) is 2.90. The number of rotatable bonds is 5. The van der Waals surface area contributed by atoms with Crippen molar-refractivity contribution in [1.82, 2.24) is 15.5 Å². The van der Waals surface area contributed by atoms with Gasteiger partial charge in [0.25, 0.3) is 0 Å². The first-order valence-corrected chi connectivity index (χ1v) is 6.16. The lowest BCUT2D eigenvalue weighted by atomic mass is 10.1. The molecule has 1 saturated heterocycles. The Morgan fingerprint density at radius 3 is 2.53 bits per heavy atom. The molecule has 1 rings (SSSR count). The Bertz CT molecular complexity index is 262. The van der Waals surface area contributed by atoms with Gasteiger partial charge >= 0.3 is 6.03 Å². The van der Waals surface area contributed by atoms with E-state index in [1.807, 2.05) is 4.90 Å². The number of likely N-dealkylation sites (tertiary alicyclic amines) is 1. The lowest BCUT2D eigenvalue weighted by molar-refractivity contribution is -0.121. The summed E-state index contributed by atoms with van der Waals surface area (Å²) in [6, 6.07) is -0.222. The van der Waals surface area contributed by atoms with Gasteiger partial charge in [0.2, 0.25) is 5.91 Å². The van der Waals surface area contributed by atoms with Gasteiger partial charge in [0.15, 0.2) is 0 Å². The zero-order valence-electron chi connectivity index (χ0n) is 10.4. The fourth-order valence-corrected chi connectivity index (χ4v) is 2.02. The number of imide groups is 1. The Labute approximate surface area is 102 Å². The number of nitrogens with two attached hydrogens (primary N) is 1. The van der Waals surface area contributed by atoms with Gasteiger partial charge in [0.1, 0.15) is 0 Å². The number of nitrogens with zero attached hydrogens (tertiary/aromatic N) is 1. The zero-order valence-corrected chi connectivity index (χ0v) is 10.4. The molecule has 0 aromatic rings. The van der Waals surface area contributed by atoms with Crippen LogP contribution >= 0.6 is 0 Å². The van der Waals surface area contributed by atoms with E-state index in [9.17, 15) is 9.59 Å². The van der Waals surface area contributed by atoms with Crippen LogP contribution in [0.3, 0.4) is 0 Å². The van der Waals surface area contributed by atoms with E-state index in [-0.39, 0.29) is 12.5 Å². The minimum absolute atomic E-state index is 0.253. The van der Waals surface area contributed by atoms with Crippen LogP contribution in [0.15, 0.2) is 0 Å². The van der Waals surface area contributed by atoms with Gasteiger partial charge in [-0.1, -0.05) is 6.92 Å². The monoisotopic (exact) mass is 242 g/mol. The number of piperidine rings is 1. The lowest BCUT2D eigenvalue weighted by Gasteiger charge is -2.31. The Morgan fingerprint density at radius 1 is 1.35 bits per heavy atom. The van der Waals surface area contributed by atoms with Gasteiger partial charge in [0.05, 0.1) is 6.54 Å². The average molecular weight is 242 g/mol. The molecule has 1 fully saturated rings. The molecule has 0 atom stereocenters. The van der Waals surface area contributed by atoms with Crippen LogP contribution < -0.4 is 16.4 Å². The van der Waals surface area contributed by atoms with Crippen LogP contribution in [0.1, 0.15) is 26.2 Å². The second kappa shape index (κ2) is 7.24. The number of hydrogen-bond donors (Lipinski definition) is 3. The molecule has 1 aliphatic heterocycles. The Kier molecular flexibility index (Phi) is 5.93. The molecule has 4 N–H and O–H groups in total. The molecule has 98 valence electrons. The number of carbonyl (C=O) groups excluding carboxylic acids is 2. The molecule has 1 heterocycles. The summed E-state index contributed by atoms with van der Waals surface area (Å²) >= 11 is 0. The molecular formula is C11H22N4O2. The van der Waals surface area contributed by atoms with Crippen LogP contribution in [0.2, 0.25) is 0 Å². The lowest BCUT2D eigenvalue weighted by Crippen LogP contribution is -2.47. The maximum atomic E-state index is 11.3. The molecule has 0 unspecified atom stereocenters. The third-order valence-electron chi connectivity index (χ3n) is 2.90. The van der Waals surface area contributed by atoms with Gasteiger partial charge in [-0.3, -0.25) is 15.0 Å². The van der Waals surface area contributed by atoms with E-state index in [1.54, 1.807) is 0 Å². The van der Waals surface area contributed by atoms with Gasteiger partial charge in [-0.2, -0.15) is 0 Å². The van der Waals surface area contributed by atoms with Crippen LogP contribution in [0.5, 0.6) is 0 Å². The van der Waals surface area contributed by atoms with Gasteiger partial charge < -0.3 is 11.1 Å². The summed E-state index contributed by atoms with van der Waals surface area (Å²) < 4.78 is 0. The highest BCUT2D eigenvalue weighted by Gasteiger charge is 2.20. The summed E-state index contributed by atoms with van der Waals surface area (Å²) in [5.41, 5.74) is 4.88. The van der Waals surface area contributed by atoms with E-state index in [0.29, 0.717) is 6.04 Å². The fraction of sp³-hybridized carbons (Fsp3) is 0.818. The van der Waals surface area contributed by atoms with E-state index in [0.717, 1.165) is 38.9 Å². The second-order valence-corrected chi connectivity index (χ2v) is 4.42. The highest BCUT2D eigenvalue weighted by molar-refractivity contribution is 5.94. The number of amides is 3. The molecule has 6 nitrogen and oxygen atoms in total. The summed E-state index contributed by atoms with van der Waals surface area (Å²) in [6.07, 6.45) is 3.23. The first-order chi connectivity index (χ1) is 8.11. The van der Waals surface area contributed by atoms with Gasteiger partial charge in [-0.25, -0.2) is 4.79 Å². The normalized spacial score (nSPS) is 17.9. The summed E-state index contributed by atoms with van der Waals surface area (Å²) in [5.74, 6) is -0.322. The summed E-state index contributed by atoms with van der Waals surface area (Å²) in [5, 5.41) is 5.55. The molecule has 6 heteroatoms. The highest BCUT2D eigenvalue weighted by atomic mass is 16.2. The third kappa shape index (κ3) is 5.65. The van der Waals surface area contributed by atoms with Crippen LogP contribution in [-0.2, 0) is 4.79 Å². The highest BCUT2D eigenvalue weighted by Crippen LogP contribution is 2.09. The minimum atomic E-state index is -0.783. The van der Waals surface area contributed by atoms with Crippen molar-refractivity contribution in [3.8, 4) is 0 Å². The molecule has 3 amide bonds. The molecular weight excluding hydrogens is 220 g/mol. The quantitative estimate of drug-likeness (QED) is 0.614. The van der Waals surface area contributed by atoms with Gasteiger partial charge in [0, 0.05) is 19.1 Å². The van der Waals surface area contributed by atoms with Crippen LogP contribution in [0.4, 0.5) is 4.79 Å². The number of hydrogen-bond acceptors (Lipinski definition) is 4. The molecule has 0 aromatic heterocycles. The van der Waals surface area contributed by atoms with E-state index >= 15 is 0 Å². The predicted molar refractivity (Wildman–Crippen MR) is 65.5 cm³/mol. The smallest absolute Gasteiger partial charge is 0.318 e. The Hall–Kier alpha value is -1.14. The SMILES string of the molecule is CCCNC1CCN(CC(=O)NC(N)=O)CC1. The van der Waals surface area contributed by atoms with Crippen molar-refractivity contribution in [1.29, 1.82) is 0 Å². The first-order valence-electron chi connectivity index (χ1n) is 6.16. The number of carbonyl (C=O) groups is 2. The predicted octanol–water partition coefficient (Wildman–Crippen LogP) is -0.355. The largest absolute Gasteiger partial charge is 0.351 e. The molecule has 0 spiro atoms. The molecule has 17 heavy (non-hydrogen) atoms. The van der Waals surface area contributed by atoms with E-state index in [2.05, 4.69) is 17.6 Å². The topological polar surface area (TPSA) is 87.5 Å². The fourth-order valence-electron chi connectivity index (χ4n) is 2.02. The summed E-state index contributed by atoms with van der Waals surface area (Å²) in [6.45, 7) is 5.22. The summed E-state index contributed by atoms with van der Waals surface area (Å²) in [7, 11) is 0. The van der Waals surface area contributed by atoms with Crippen molar-refractivity contribution >= 4 is 11.9 Å². The van der Waals surface area contributed by atoms with E-state index in [1.165, 1.54) is 0 Å². The average Bonchev–Trinajstić information content (AvgIpc) is 2.27. The maximum absolute atomic E-state index is 11.3. The molecule has 0 aliphatic carbocycles. The van der Waals surface area contributed by atoms with Crippen molar-refractivity contribution in [3.63, 3.8) is 0 Å². The van der Waals surface area contributed by atoms with Crippen LogP contribution in [-0.4, -0.2) is 49.1 Å². The van der Waals surface area contributed by atoms with E-state index < -0.39 is 6.03 Å². The summed E-state index contributed by atoms with van der Waals surface area (Å²) in [4.78, 5) is 23.8. The molecule has 0 aromatic carbocycles. The molecule has 1 aliphatic rings. The Balaban J connectivity index is 2.18.